The Morgan fingerprint density at radius 3 is 2.47 bits per heavy atom. The lowest BCUT2D eigenvalue weighted by atomic mass is 9.85. The van der Waals surface area contributed by atoms with Crippen LogP contribution < -0.4 is 16.4 Å². The van der Waals surface area contributed by atoms with Crippen molar-refractivity contribution in [2.75, 3.05) is 23.8 Å². The van der Waals surface area contributed by atoms with Crippen molar-refractivity contribution >= 4 is 57.9 Å². The molecule has 1 saturated heterocycles. The van der Waals surface area contributed by atoms with E-state index in [1.165, 1.54) is 0 Å². The Balaban J connectivity index is 1.54. The van der Waals surface area contributed by atoms with Crippen LogP contribution in [0.2, 0.25) is 10.0 Å². The first-order valence-corrected chi connectivity index (χ1v) is 11.3. The van der Waals surface area contributed by atoms with E-state index >= 15 is 0 Å². The monoisotopic (exact) mass is 475 g/mol. The summed E-state index contributed by atoms with van der Waals surface area (Å²) >= 11 is 12.8. The molecule has 9 nitrogen and oxygen atoms in total. The van der Waals surface area contributed by atoms with Crippen molar-refractivity contribution in [3.63, 3.8) is 0 Å². The van der Waals surface area contributed by atoms with Crippen LogP contribution in [-0.4, -0.2) is 44.7 Å². The fourth-order valence-corrected chi connectivity index (χ4v) is 4.74. The van der Waals surface area contributed by atoms with E-state index in [2.05, 4.69) is 20.2 Å². The van der Waals surface area contributed by atoms with Crippen molar-refractivity contribution < 1.29 is 9.53 Å². The van der Waals surface area contributed by atoms with Gasteiger partial charge in [-0.25, -0.2) is 9.97 Å². The van der Waals surface area contributed by atoms with Gasteiger partial charge in [0.25, 0.3) is 0 Å². The molecular formula is C21H23Cl2N7O2. The highest BCUT2D eigenvalue weighted by molar-refractivity contribution is 6.39. The van der Waals surface area contributed by atoms with Gasteiger partial charge in [0.2, 0.25) is 17.8 Å². The number of nitrogens with zero attached hydrogens (tertiary/aromatic N) is 4. The number of rotatable bonds is 6. The molecule has 1 aromatic carbocycles. The Labute approximate surface area is 194 Å². The van der Waals surface area contributed by atoms with Crippen LogP contribution in [-0.2, 0) is 9.53 Å². The number of hydrogen-bond acceptors (Lipinski definition) is 7. The van der Waals surface area contributed by atoms with E-state index in [-0.39, 0.29) is 23.9 Å². The molecule has 0 radical (unpaired) electrons. The van der Waals surface area contributed by atoms with E-state index in [4.69, 9.17) is 43.6 Å². The molecule has 2 aliphatic rings. The van der Waals surface area contributed by atoms with Gasteiger partial charge in [-0.2, -0.15) is 4.98 Å². The summed E-state index contributed by atoms with van der Waals surface area (Å²) in [4.78, 5) is 25.6. The highest BCUT2D eigenvalue weighted by atomic mass is 35.5. The first-order valence-electron chi connectivity index (χ1n) is 10.6. The summed E-state index contributed by atoms with van der Waals surface area (Å²) in [5.74, 6) is 0.772. The van der Waals surface area contributed by atoms with Crippen molar-refractivity contribution in [2.24, 2.45) is 11.7 Å². The summed E-state index contributed by atoms with van der Waals surface area (Å²) in [6, 6.07) is 5.62. The van der Waals surface area contributed by atoms with Gasteiger partial charge in [0.05, 0.1) is 41.2 Å². The zero-order valence-electron chi connectivity index (χ0n) is 17.2. The lowest BCUT2D eigenvalue weighted by Gasteiger charge is -2.29. The van der Waals surface area contributed by atoms with Crippen LogP contribution >= 0.6 is 23.2 Å². The molecule has 1 aliphatic carbocycles. The third-order valence-corrected chi connectivity index (χ3v) is 6.70. The van der Waals surface area contributed by atoms with Gasteiger partial charge in [0.15, 0.2) is 5.65 Å². The molecule has 1 aliphatic heterocycles. The third kappa shape index (κ3) is 4.07. The average molecular weight is 476 g/mol. The van der Waals surface area contributed by atoms with Gasteiger partial charge in [-0.1, -0.05) is 29.3 Å². The van der Waals surface area contributed by atoms with E-state index in [0.29, 0.717) is 52.0 Å². The van der Waals surface area contributed by atoms with Crippen molar-refractivity contribution in [1.29, 1.82) is 0 Å². The molecule has 1 saturated carbocycles. The fraction of sp³-hybridized carbons (Fsp3) is 0.429. The zero-order valence-corrected chi connectivity index (χ0v) is 18.7. The molecule has 1 amide bonds. The second kappa shape index (κ2) is 8.73. The Morgan fingerprint density at radius 2 is 1.84 bits per heavy atom. The van der Waals surface area contributed by atoms with Crippen molar-refractivity contribution in [2.45, 2.75) is 37.8 Å². The normalized spacial score (nSPS) is 21.3. The minimum Gasteiger partial charge on any atom is -0.377 e. The maximum atomic E-state index is 11.6. The first-order chi connectivity index (χ1) is 15.5. The van der Waals surface area contributed by atoms with Gasteiger partial charge in [-0.15, -0.1) is 0 Å². The number of aromatic nitrogens is 4. The van der Waals surface area contributed by atoms with Gasteiger partial charge in [0, 0.05) is 12.0 Å². The van der Waals surface area contributed by atoms with Crippen LogP contribution in [0.3, 0.4) is 0 Å². The van der Waals surface area contributed by atoms with Crippen LogP contribution in [0.5, 0.6) is 0 Å². The van der Waals surface area contributed by atoms with Crippen LogP contribution in [0.25, 0.3) is 11.2 Å². The molecule has 4 N–H and O–H groups in total. The number of hydrogen-bond donors (Lipinski definition) is 3. The van der Waals surface area contributed by atoms with Gasteiger partial charge < -0.3 is 21.1 Å². The summed E-state index contributed by atoms with van der Waals surface area (Å²) in [5.41, 5.74) is 7.47. The predicted molar refractivity (Wildman–Crippen MR) is 123 cm³/mol. The van der Waals surface area contributed by atoms with E-state index in [1.807, 2.05) is 0 Å². The second-order valence-corrected chi connectivity index (χ2v) is 9.03. The molecule has 32 heavy (non-hydrogen) atoms. The van der Waals surface area contributed by atoms with Crippen LogP contribution in [0, 0.1) is 5.92 Å². The number of anilines is 3. The maximum Gasteiger partial charge on any atom is 0.225 e. The highest BCUT2D eigenvalue weighted by Crippen LogP contribution is 2.39. The van der Waals surface area contributed by atoms with E-state index in [1.54, 1.807) is 24.4 Å². The number of ether oxygens (including phenoxy) is 1. The van der Waals surface area contributed by atoms with Crippen LogP contribution in [0.4, 0.5) is 17.6 Å². The number of imidazole rings is 1. The molecule has 0 atom stereocenters. The van der Waals surface area contributed by atoms with E-state index in [0.717, 1.165) is 25.7 Å². The van der Waals surface area contributed by atoms with E-state index < -0.39 is 0 Å². The number of carbonyl (C=O) groups is 1. The summed E-state index contributed by atoms with van der Waals surface area (Å²) in [6.07, 6.45) is 4.72. The standard InChI is InChI=1S/C21H23Cl2N7O2/c22-14-2-1-3-15(23)17(14)28-21-27-16-8-25-20(26-12-9-32-10-12)29-19(16)30(21)13-6-4-11(5-7-13)18(24)31/h1-3,8,11-13H,4-7,9-10H2,(H2,24,31)(H,27,28)(H,25,26,29)/t11-,13+. The molecule has 11 heteroatoms. The van der Waals surface area contributed by atoms with Crippen molar-refractivity contribution in [3.05, 3.63) is 34.4 Å². The van der Waals surface area contributed by atoms with Crippen molar-refractivity contribution in [1.82, 2.24) is 19.5 Å². The predicted octanol–water partition coefficient (Wildman–Crippen LogP) is 3.90. The number of carbonyl (C=O) groups excluding carboxylic acids is 1. The number of amides is 1. The Morgan fingerprint density at radius 1 is 1.12 bits per heavy atom. The summed E-state index contributed by atoms with van der Waals surface area (Å²) < 4.78 is 7.29. The second-order valence-electron chi connectivity index (χ2n) is 8.22. The fourth-order valence-electron chi connectivity index (χ4n) is 4.24. The Bertz CT molecular complexity index is 1140. The third-order valence-electron chi connectivity index (χ3n) is 6.07. The molecule has 3 aromatic rings. The number of primary amides is 1. The molecule has 2 fully saturated rings. The lowest BCUT2D eigenvalue weighted by molar-refractivity contribution is -0.122. The topological polar surface area (TPSA) is 120 Å². The van der Waals surface area contributed by atoms with Crippen LogP contribution in [0.1, 0.15) is 31.7 Å². The number of nitrogens with one attached hydrogen (secondary N) is 2. The average Bonchev–Trinajstić information content (AvgIpc) is 3.11. The highest BCUT2D eigenvalue weighted by Gasteiger charge is 2.29. The molecule has 3 heterocycles. The molecule has 168 valence electrons. The molecule has 5 rings (SSSR count). The molecule has 0 spiro atoms. The number of benzene rings is 1. The first kappa shape index (κ1) is 21.2. The number of fused-ring (bicyclic) bond motifs is 1. The van der Waals surface area contributed by atoms with Gasteiger partial charge >= 0.3 is 0 Å². The number of nitrogens with two attached hydrogens (primary N) is 1. The van der Waals surface area contributed by atoms with Gasteiger partial charge in [-0.05, 0) is 37.8 Å². The summed E-state index contributed by atoms with van der Waals surface area (Å²) in [7, 11) is 0. The smallest absolute Gasteiger partial charge is 0.225 e. The largest absolute Gasteiger partial charge is 0.377 e. The quantitative estimate of drug-likeness (QED) is 0.494. The molecular weight excluding hydrogens is 453 g/mol. The Hall–Kier alpha value is -2.62. The maximum absolute atomic E-state index is 11.6. The molecule has 2 aromatic heterocycles. The molecule has 0 unspecified atom stereocenters. The van der Waals surface area contributed by atoms with Gasteiger partial charge in [0.1, 0.15) is 5.52 Å². The van der Waals surface area contributed by atoms with Crippen molar-refractivity contribution in [3.8, 4) is 0 Å². The Kier molecular flexibility index (Phi) is 5.79. The minimum absolute atomic E-state index is 0.0918. The SMILES string of the molecule is NC(=O)[C@H]1CC[C@@H](n2c(Nc3c(Cl)cccc3Cl)nc3cnc(NC4COC4)nc32)CC1. The number of para-hydroxylation sites is 1. The summed E-state index contributed by atoms with van der Waals surface area (Å²) in [5, 5.41) is 7.57. The zero-order chi connectivity index (χ0) is 22.2. The minimum atomic E-state index is -0.239. The molecule has 0 bridgehead atoms. The number of halogens is 2. The summed E-state index contributed by atoms with van der Waals surface area (Å²) in [6.45, 7) is 1.27. The van der Waals surface area contributed by atoms with E-state index in [9.17, 15) is 4.79 Å². The van der Waals surface area contributed by atoms with Gasteiger partial charge in [-0.3, -0.25) is 9.36 Å². The lowest BCUT2D eigenvalue weighted by Crippen LogP contribution is -2.40. The van der Waals surface area contributed by atoms with Crippen LogP contribution in [0.15, 0.2) is 24.4 Å².